The van der Waals surface area contributed by atoms with E-state index in [0.717, 1.165) is 36.8 Å². The van der Waals surface area contributed by atoms with Gasteiger partial charge < -0.3 is 9.42 Å². The van der Waals surface area contributed by atoms with E-state index in [1.54, 1.807) is 18.0 Å². The topological polar surface area (TPSA) is 83.0 Å². The number of hydrogen-bond donors (Lipinski definition) is 0. The smallest absolute Gasteiger partial charge is 0.257 e. The van der Waals surface area contributed by atoms with Crippen LogP contribution in [-0.4, -0.2) is 33.5 Å². The van der Waals surface area contributed by atoms with Gasteiger partial charge in [0, 0.05) is 13.2 Å². The van der Waals surface area contributed by atoms with Crippen molar-refractivity contribution in [1.29, 1.82) is 5.26 Å². The lowest BCUT2D eigenvalue weighted by molar-refractivity contribution is 0.0497. The first-order chi connectivity index (χ1) is 11.3. The van der Waals surface area contributed by atoms with Gasteiger partial charge in [0.05, 0.1) is 22.7 Å². The van der Waals surface area contributed by atoms with Gasteiger partial charge in [0.15, 0.2) is 0 Å². The van der Waals surface area contributed by atoms with Crippen molar-refractivity contribution in [3.8, 4) is 6.07 Å². The van der Waals surface area contributed by atoms with Gasteiger partial charge in [-0.2, -0.15) is 5.26 Å². The minimum absolute atomic E-state index is 0.0530. The Kier molecular flexibility index (Phi) is 3.83. The largest absolute Gasteiger partial charge is 0.336 e. The molecule has 1 saturated carbocycles. The second-order valence-corrected chi connectivity index (χ2v) is 7.80. The Balaban J connectivity index is 1.94. The highest BCUT2D eigenvalue weighted by Gasteiger charge is 2.43. The zero-order valence-electron chi connectivity index (χ0n) is 14.6. The Labute approximate surface area is 141 Å². The van der Waals surface area contributed by atoms with Gasteiger partial charge in [-0.15, -0.1) is 0 Å². The van der Waals surface area contributed by atoms with Crippen LogP contribution >= 0.6 is 0 Å². The second kappa shape index (κ2) is 5.59. The van der Waals surface area contributed by atoms with E-state index in [0.29, 0.717) is 11.3 Å². The third-order valence-corrected chi connectivity index (χ3v) is 4.68. The third kappa shape index (κ3) is 2.75. The van der Waals surface area contributed by atoms with Crippen molar-refractivity contribution >= 4 is 17.0 Å². The lowest BCUT2D eigenvalue weighted by Crippen LogP contribution is -2.53. The van der Waals surface area contributed by atoms with Crippen molar-refractivity contribution in [1.82, 2.24) is 15.0 Å². The SMILES string of the molecule is CN(C(=O)c1cnc2onc(CC(C)(C)C)c2c1)C1(C#N)CCC1. The quantitative estimate of drug-likeness (QED) is 0.864. The number of aromatic nitrogens is 2. The summed E-state index contributed by atoms with van der Waals surface area (Å²) >= 11 is 0. The van der Waals surface area contributed by atoms with Crippen molar-refractivity contribution in [3.63, 3.8) is 0 Å². The molecule has 3 rings (SSSR count). The van der Waals surface area contributed by atoms with Crippen LogP contribution in [0.25, 0.3) is 11.1 Å². The Morgan fingerprint density at radius 2 is 2.17 bits per heavy atom. The van der Waals surface area contributed by atoms with Crippen LogP contribution in [0, 0.1) is 16.7 Å². The summed E-state index contributed by atoms with van der Waals surface area (Å²) in [4.78, 5) is 18.6. The van der Waals surface area contributed by atoms with Crippen LogP contribution < -0.4 is 0 Å². The fourth-order valence-electron chi connectivity index (χ4n) is 3.05. The van der Waals surface area contributed by atoms with Gasteiger partial charge in [-0.1, -0.05) is 25.9 Å². The summed E-state index contributed by atoms with van der Waals surface area (Å²) in [6, 6.07) is 4.07. The molecule has 2 aromatic rings. The minimum Gasteiger partial charge on any atom is -0.336 e. The first kappa shape index (κ1) is 16.4. The van der Waals surface area contributed by atoms with Crippen LogP contribution in [0.2, 0.25) is 0 Å². The highest BCUT2D eigenvalue weighted by molar-refractivity contribution is 5.97. The Hall–Kier alpha value is -2.42. The summed E-state index contributed by atoms with van der Waals surface area (Å²) in [6.45, 7) is 6.37. The maximum Gasteiger partial charge on any atom is 0.257 e. The molecule has 0 aromatic carbocycles. The van der Waals surface area contributed by atoms with Crippen LogP contribution in [0.3, 0.4) is 0 Å². The molecule has 1 fully saturated rings. The molecule has 6 heteroatoms. The standard InChI is InChI=1S/C18H22N4O2/c1-17(2,3)9-14-13-8-12(10-20-15(13)24-21-14)16(23)22(4)18(11-19)6-5-7-18/h8,10H,5-7,9H2,1-4H3. The summed E-state index contributed by atoms with van der Waals surface area (Å²) < 4.78 is 5.27. The fourth-order valence-corrected chi connectivity index (χ4v) is 3.05. The zero-order valence-corrected chi connectivity index (χ0v) is 14.6. The van der Waals surface area contributed by atoms with Crippen LogP contribution in [0.1, 0.15) is 56.1 Å². The summed E-state index contributed by atoms with van der Waals surface area (Å²) in [5, 5.41) is 14.3. The predicted molar refractivity (Wildman–Crippen MR) is 89.3 cm³/mol. The van der Waals surface area contributed by atoms with E-state index in [2.05, 4.69) is 37.0 Å². The molecule has 1 amide bonds. The van der Waals surface area contributed by atoms with Crippen molar-refractivity contribution < 1.29 is 9.32 Å². The molecule has 0 atom stereocenters. The molecule has 0 spiro atoms. The molecule has 6 nitrogen and oxygen atoms in total. The Bertz CT molecular complexity index is 822. The molecule has 2 aromatic heterocycles. The molecule has 1 aliphatic rings. The summed E-state index contributed by atoms with van der Waals surface area (Å²) in [5.41, 5.74) is 1.09. The molecule has 0 unspecified atom stereocenters. The van der Waals surface area contributed by atoms with Crippen molar-refractivity contribution in [2.45, 2.75) is 52.0 Å². The molecule has 0 aliphatic heterocycles. The molecule has 2 heterocycles. The zero-order chi connectivity index (χ0) is 17.5. The van der Waals surface area contributed by atoms with E-state index in [1.165, 1.54) is 6.20 Å². The van der Waals surface area contributed by atoms with Crippen LogP contribution in [0.5, 0.6) is 0 Å². The van der Waals surface area contributed by atoms with Gasteiger partial charge in [0.1, 0.15) is 5.54 Å². The average Bonchev–Trinajstić information content (AvgIpc) is 2.86. The van der Waals surface area contributed by atoms with E-state index in [-0.39, 0.29) is 11.3 Å². The molecular weight excluding hydrogens is 304 g/mol. The summed E-state index contributed by atoms with van der Waals surface area (Å²) in [7, 11) is 1.69. The van der Waals surface area contributed by atoms with E-state index in [4.69, 9.17) is 4.52 Å². The number of hydrogen-bond acceptors (Lipinski definition) is 5. The van der Waals surface area contributed by atoms with E-state index in [1.807, 2.05) is 0 Å². The number of pyridine rings is 1. The van der Waals surface area contributed by atoms with E-state index in [9.17, 15) is 10.1 Å². The van der Waals surface area contributed by atoms with Gasteiger partial charge in [0.2, 0.25) is 0 Å². The van der Waals surface area contributed by atoms with Gasteiger partial charge in [-0.3, -0.25) is 4.79 Å². The number of fused-ring (bicyclic) bond motifs is 1. The number of nitriles is 1. The number of carbonyl (C=O) groups excluding carboxylic acids is 1. The monoisotopic (exact) mass is 326 g/mol. The maximum atomic E-state index is 12.8. The Morgan fingerprint density at radius 1 is 1.46 bits per heavy atom. The molecule has 0 N–H and O–H groups in total. The lowest BCUT2D eigenvalue weighted by atomic mass is 9.76. The average molecular weight is 326 g/mol. The second-order valence-electron chi connectivity index (χ2n) is 7.80. The highest BCUT2D eigenvalue weighted by Crippen LogP contribution is 2.37. The first-order valence-corrected chi connectivity index (χ1v) is 8.19. The summed E-state index contributed by atoms with van der Waals surface area (Å²) in [6.07, 6.45) is 4.66. The number of amides is 1. The van der Waals surface area contributed by atoms with Gasteiger partial charge in [0.25, 0.3) is 11.6 Å². The van der Waals surface area contributed by atoms with Crippen molar-refractivity contribution in [2.24, 2.45) is 5.41 Å². The van der Waals surface area contributed by atoms with E-state index < -0.39 is 5.54 Å². The third-order valence-electron chi connectivity index (χ3n) is 4.68. The first-order valence-electron chi connectivity index (χ1n) is 8.19. The molecule has 0 saturated heterocycles. The maximum absolute atomic E-state index is 12.8. The van der Waals surface area contributed by atoms with Gasteiger partial charge in [-0.05, 0) is 37.2 Å². The number of nitrogens with zero attached hydrogens (tertiary/aromatic N) is 4. The number of carbonyl (C=O) groups is 1. The van der Waals surface area contributed by atoms with Crippen LogP contribution in [0.4, 0.5) is 0 Å². The van der Waals surface area contributed by atoms with Crippen molar-refractivity contribution in [2.75, 3.05) is 7.05 Å². The molecule has 1 aliphatic carbocycles. The predicted octanol–water partition coefficient (Wildman–Crippen LogP) is 3.33. The van der Waals surface area contributed by atoms with E-state index >= 15 is 0 Å². The highest BCUT2D eigenvalue weighted by atomic mass is 16.5. The number of rotatable bonds is 3. The minimum atomic E-state index is -0.672. The molecule has 0 bridgehead atoms. The van der Waals surface area contributed by atoms with Crippen molar-refractivity contribution in [3.05, 3.63) is 23.5 Å². The normalized spacial score (nSPS) is 16.5. The van der Waals surface area contributed by atoms with Gasteiger partial charge >= 0.3 is 0 Å². The molecule has 126 valence electrons. The lowest BCUT2D eigenvalue weighted by Gasteiger charge is -2.42. The summed E-state index contributed by atoms with van der Waals surface area (Å²) in [5.74, 6) is -0.187. The molecular formula is C18H22N4O2. The van der Waals surface area contributed by atoms with Crippen LogP contribution in [0.15, 0.2) is 16.8 Å². The van der Waals surface area contributed by atoms with Gasteiger partial charge in [-0.25, -0.2) is 4.98 Å². The fraction of sp³-hybridized carbons (Fsp3) is 0.556. The Morgan fingerprint density at radius 3 is 2.71 bits per heavy atom. The van der Waals surface area contributed by atoms with Crippen LogP contribution in [-0.2, 0) is 6.42 Å². The molecule has 24 heavy (non-hydrogen) atoms. The molecule has 0 radical (unpaired) electrons.